The van der Waals surface area contributed by atoms with Crippen LogP contribution in [0.4, 0.5) is 0 Å². The Bertz CT molecular complexity index is 137. The normalized spacial score (nSPS) is 12.5. The maximum atomic E-state index is 10.9. The van der Waals surface area contributed by atoms with Crippen LogP contribution in [0.2, 0.25) is 0 Å². The first-order valence-electron chi connectivity index (χ1n) is 5.14. The van der Waals surface area contributed by atoms with E-state index in [1.165, 1.54) is 12.8 Å². The van der Waals surface area contributed by atoms with Gasteiger partial charge in [0.25, 0.3) is 0 Å². The molecule has 0 aromatic carbocycles. The first-order valence-corrected chi connectivity index (χ1v) is 5.14. The second-order valence-electron chi connectivity index (χ2n) is 3.33. The summed E-state index contributed by atoms with van der Waals surface area (Å²) in [5, 5.41) is 11.3. The first kappa shape index (κ1) is 12.4. The standard InChI is InChI=1S/C10H21NO2/c1-3-5-6-7-9(4-2)11-10(13)8-12/h9,12H,3-8H2,1-2H3,(H,11,13). The number of hydrogen-bond acceptors (Lipinski definition) is 2. The van der Waals surface area contributed by atoms with Crippen LogP contribution >= 0.6 is 0 Å². The second kappa shape index (κ2) is 8.05. The van der Waals surface area contributed by atoms with Crippen LogP contribution in [-0.2, 0) is 4.79 Å². The predicted octanol–water partition coefficient (Wildman–Crippen LogP) is 1.45. The van der Waals surface area contributed by atoms with Crippen molar-refractivity contribution >= 4 is 5.91 Å². The summed E-state index contributed by atoms with van der Waals surface area (Å²) in [5.41, 5.74) is 0. The highest BCUT2D eigenvalue weighted by Gasteiger charge is 2.08. The summed E-state index contributed by atoms with van der Waals surface area (Å²) in [6.45, 7) is 3.81. The van der Waals surface area contributed by atoms with Gasteiger partial charge in [0.1, 0.15) is 6.61 Å². The number of carbonyl (C=O) groups excluding carboxylic acids is 1. The number of rotatable bonds is 7. The van der Waals surface area contributed by atoms with Crippen molar-refractivity contribution < 1.29 is 9.90 Å². The molecule has 3 heteroatoms. The zero-order valence-corrected chi connectivity index (χ0v) is 8.68. The van der Waals surface area contributed by atoms with E-state index in [0.717, 1.165) is 19.3 Å². The smallest absolute Gasteiger partial charge is 0.245 e. The van der Waals surface area contributed by atoms with E-state index < -0.39 is 6.61 Å². The number of nitrogens with one attached hydrogen (secondary N) is 1. The summed E-state index contributed by atoms with van der Waals surface area (Å²) >= 11 is 0. The Hall–Kier alpha value is -0.570. The van der Waals surface area contributed by atoms with Gasteiger partial charge in [-0.25, -0.2) is 0 Å². The second-order valence-corrected chi connectivity index (χ2v) is 3.33. The van der Waals surface area contributed by atoms with Gasteiger partial charge in [-0.1, -0.05) is 33.1 Å². The van der Waals surface area contributed by atoms with Gasteiger partial charge in [-0.15, -0.1) is 0 Å². The minimum Gasteiger partial charge on any atom is -0.387 e. The van der Waals surface area contributed by atoms with Gasteiger partial charge in [-0.3, -0.25) is 4.79 Å². The number of aliphatic hydroxyl groups is 1. The van der Waals surface area contributed by atoms with Crippen LogP contribution in [-0.4, -0.2) is 23.7 Å². The molecule has 0 fully saturated rings. The van der Waals surface area contributed by atoms with Crippen molar-refractivity contribution in [3.8, 4) is 0 Å². The molecule has 1 amide bonds. The largest absolute Gasteiger partial charge is 0.387 e. The molecule has 0 aromatic rings. The molecule has 13 heavy (non-hydrogen) atoms. The lowest BCUT2D eigenvalue weighted by Crippen LogP contribution is -2.36. The first-order chi connectivity index (χ1) is 6.24. The quantitative estimate of drug-likeness (QED) is 0.593. The highest BCUT2D eigenvalue weighted by Crippen LogP contribution is 2.05. The van der Waals surface area contributed by atoms with E-state index >= 15 is 0 Å². The summed E-state index contributed by atoms with van der Waals surface area (Å²) in [7, 11) is 0. The topological polar surface area (TPSA) is 49.3 Å². The Kier molecular flexibility index (Phi) is 7.69. The van der Waals surface area contributed by atoms with E-state index in [4.69, 9.17) is 5.11 Å². The third kappa shape index (κ3) is 6.58. The van der Waals surface area contributed by atoms with E-state index in [-0.39, 0.29) is 11.9 Å². The fourth-order valence-electron chi connectivity index (χ4n) is 1.29. The molecular weight excluding hydrogens is 166 g/mol. The van der Waals surface area contributed by atoms with Gasteiger partial charge in [-0.05, 0) is 12.8 Å². The van der Waals surface area contributed by atoms with Gasteiger partial charge in [0.15, 0.2) is 0 Å². The maximum Gasteiger partial charge on any atom is 0.245 e. The highest BCUT2D eigenvalue weighted by molar-refractivity contribution is 5.77. The van der Waals surface area contributed by atoms with Crippen LogP contribution in [0.25, 0.3) is 0 Å². The molecule has 3 nitrogen and oxygen atoms in total. The summed E-state index contributed by atoms with van der Waals surface area (Å²) in [5.74, 6) is -0.261. The molecule has 2 N–H and O–H groups in total. The Balaban J connectivity index is 3.56. The maximum absolute atomic E-state index is 10.9. The third-order valence-corrected chi connectivity index (χ3v) is 2.16. The van der Waals surface area contributed by atoms with Crippen molar-refractivity contribution in [1.29, 1.82) is 0 Å². The SMILES string of the molecule is CCCCCC(CC)NC(=O)CO. The number of carbonyl (C=O) groups is 1. The molecule has 0 saturated heterocycles. The van der Waals surface area contributed by atoms with E-state index in [1.54, 1.807) is 0 Å². The molecule has 0 radical (unpaired) electrons. The van der Waals surface area contributed by atoms with Gasteiger partial charge in [0.05, 0.1) is 0 Å². The van der Waals surface area contributed by atoms with Crippen molar-refractivity contribution in [1.82, 2.24) is 5.32 Å². The van der Waals surface area contributed by atoms with Gasteiger partial charge in [0, 0.05) is 6.04 Å². The lowest BCUT2D eigenvalue weighted by atomic mass is 10.1. The predicted molar refractivity (Wildman–Crippen MR) is 53.4 cm³/mol. The van der Waals surface area contributed by atoms with Crippen molar-refractivity contribution in [2.45, 2.75) is 52.0 Å². The van der Waals surface area contributed by atoms with Crippen molar-refractivity contribution in [3.63, 3.8) is 0 Å². The van der Waals surface area contributed by atoms with E-state index in [0.29, 0.717) is 0 Å². The van der Waals surface area contributed by atoms with E-state index in [9.17, 15) is 4.79 Å². The molecule has 1 atom stereocenters. The highest BCUT2D eigenvalue weighted by atomic mass is 16.3. The Morgan fingerprint density at radius 2 is 2.08 bits per heavy atom. The van der Waals surface area contributed by atoms with Crippen LogP contribution in [0.3, 0.4) is 0 Å². The average molecular weight is 187 g/mol. The fraction of sp³-hybridized carbons (Fsp3) is 0.900. The summed E-state index contributed by atoms with van der Waals surface area (Å²) in [6.07, 6.45) is 5.53. The third-order valence-electron chi connectivity index (χ3n) is 2.16. The lowest BCUT2D eigenvalue weighted by Gasteiger charge is -2.15. The molecule has 0 spiro atoms. The van der Waals surface area contributed by atoms with Gasteiger partial charge in [0.2, 0.25) is 5.91 Å². The van der Waals surface area contributed by atoms with E-state index in [1.807, 2.05) is 6.92 Å². The number of aliphatic hydroxyl groups excluding tert-OH is 1. The van der Waals surface area contributed by atoms with Gasteiger partial charge < -0.3 is 10.4 Å². The summed E-state index contributed by atoms with van der Waals surface area (Å²) in [4.78, 5) is 10.9. The van der Waals surface area contributed by atoms with Crippen LogP contribution < -0.4 is 5.32 Å². The summed E-state index contributed by atoms with van der Waals surface area (Å²) < 4.78 is 0. The molecule has 0 saturated carbocycles. The number of hydrogen-bond donors (Lipinski definition) is 2. The zero-order valence-electron chi connectivity index (χ0n) is 8.68. The molecule has 0 heterocycles. The molecule has 0 aliphatic carbocycles. The average Bonchev–Trinajstić information content (AvgIpc) is 2.16. The Morgan fingerprint density at radius 1 is 1.38 bits per heavy atom. The van der Waals surface area contributed by atoms with Crippen molar-refractivity contribution in [3.05, 3.63) is 0 Å². The Morgan fingerprint density at radius 3 is 2.54 bits per heavy atom. The fourth-order valence-corrected chi connectivity index (χ4v) is 1.29. The lowest BCUT2D eigenvalue weighted by molar-refractivity contribution is -0.124. The van der Waals surface area contributed by atoms with Crippen LogP contribution in [0.5, 0.6) is 0 Å². The summed E-state index contributed by atoms with van der Waals surface area (Å²) in [6, 6.07) is 0.242. The van der Waals surface area contributed by atoms with Crippen molar-refractivity contribution in [2.75, 3.05) is 6.61 Å². The molecule has 78 valence electrons. The minimum atomic E-state index is -0.399. The number of amides is 1. The van der Waals surface area contributed by atoms with E-state index in [2.05, 4.69) is 12.2 Å². The molecule has 0 rings (SSSR count). The van der Waals surface area contributed by atoms with Gasteiger partial charge in [-0.2, -0.15) is 0 Å². The Labute approximate surface area is 80.5 Å². The molecule has 0 aromatic heterocycles. The minimum absolute atomic E-state index is 0.242. The zero-order chi connectivity index (χ0) is 10.1. The molecule has 1 unspecified atom stereocenters. The molecule has 0 bridgehead atoms. The molecular formula is C10H21NO2. The van der Waals surface area contributed by atoms with Gasteiger partial charge >= 0.3 is 0 Å². The monoisotopic (exact) mass is 187 g/mol. The molecule has 0 aliphatic heterocycles. The van der Waals surface area contributed by atoms with Crippen molar-refractivity contribution in [2.24, 2.45) is 0 Å². The van der Waals surface area contributed by atoms with Crippen LogP contribution in [0.15, 0.2) is 0 Å². The van der Waals surface area contributed by atoms with Crippen LogP contribution in [0.1, 0.15) is 46.0 Å². The van der Waals surface area contributed by atoms with Crippen LogP contribution in [0, 0.1) is 0 Å². The number of unbranched alkanes of at least 4 members (excludes halogenated alkanes) is 2. The molecule has 0 aliphatic rings.